The van der Waals surface area contributed by atoms with Gasteiger partial charge in [-0.15, -0.1) is 11.3 Å². The molecule has 2 aliphatic rings. The third-order valence-electron chi connectivity index (χ3n) is 6.02. The van der Waals surface area contributed by atoms with Gasteiger partial charge in [-0.2, -0.15) is 0 Å². The molecule has 5 rings (SSSR count). The van der Waals surface area contributed by atoms with Crippen molar-refractivity contribution in [3.05, 3.63) is 75.7 Å². The average molecular weight is 424 g/mol. The number of nitrogens with one attached hydrogen (secondary N) is 1. The van der Waals surface area contributed by atoms with Gasteiger partial charge in [0.2, 0.25) is 0 Å². The minimum Gasteiger partial charge on any atom is -0.336 e. The lowest BCUT2D eigenvalue weighted by molar-refractivity contribution is 0.178. The monoisotopic (exact) mass is 423 g/mol. The Bertz CT molecular complexity index is 1100. The fourth-order valence-electron chi connectivity index (χ4n) is 4.74. The molecule has 1 N–H and O–H groups in total. The number of rotatable bonds is 2. The summed E-state index contributed by atoms with van der Waals surface area (Å²) in [6.45, 7) is 4.46. The van der Waals surface area contributed by atoms with Crippen LogP contribution in [0.25, 0.3) is 5.00 Å². The first-order chi connectivity index (χ1) is 14.5. The maximum Gasteiger partial charge on any atom is 0.318 e. The summed E-state index contributed by atoms with van der Waals surface area (Å²) in [5, 5.41) is 4.28. The summed E-state index contributed by atoms with van der Waals surface area (Å²) >= 11 is 1.86. The number of urea groups is 1. The van der Waals surface area contributed by atoms with Crippen molar-refractivity contribution in [3.63, 3.8) is 0 Å². The molecule has 1 aliphatic carbocycles. The Balaban J connectivity index is 1.71. The normalized spacial score (nSPS) is 17.9. The van der Waals surface area contributed by atoms with E-state index in [9.17, 15) is 9.18 Å². The van der Waals surface area contributed by atoms with Crippen LogP contribution < -0.4 is 5.32 Å². The summed E-state index contributed by atoms with van der Waals surface area (Å²) in [5.41, 5.74) is 4.46. The van der Waals surface area contributed by atoms with Crippen LogP contribution in [0.4, 0.5) is 9.18 Å². The topological polar surface area (TPSA) is 37.3 Å². The molecule has 1 aromatic carbocycles. The van der Waals surface area contributed by atoms with Crippen LogP contribution in [0.5, 0.6) is 0 Å². The van der Waals surface area contributed by atoms with E-state index in [1.54, 1.807) is 12.1 Å². The summed E-state index contributed by atoms with van der Waals surface area (Å²) < 4.78 is 16.4. The number of aryl methyl sites for hydroxylation is 1. The number of halogens is 1. The molecule has 0 spiro atoms. The van der Waals surface area contributed by atoms with Gasteiger partial charge in [-0.1, -0.05) is 12.1 Å². The predicted molar refractivity (Wildman–Crippen MR) is 118 cm³/mol. The van der Waals surface area contributed by atoms with Crippen molar-refractivity contribution in [2.24, 2.45) is 0 Å². The van der Waals surface area contributed by atoms with Crippen LogP contribution >= 0.6 is 11.3 Å². The number of benzene rings is 1. The Morgan fingerprint density at radius 3 is 2.80 bits per heavy atom. The molecule has 156 valence electrons. The molecule has 3 heterocycles. The highest BCUT2D eigenvalue weighted by Crippen LogP contribution is 2.44. The highest BCUT2D eigenvalue weighted by Gasteiger charge is 2.36. The maximum absolute atomic E-state index is 14.2. The number of carbonyl (C=O) groups excluding carboxylic acids is 1. The number of nitrogens with zero attached hydrogens (tertiary/aromatic N) is 2. The molecular weight excluding hydrogens is 397 g/mol. The van der Waals surface area contributed by atoms with Gasteiger partial charge in [0.1, 0.15) is 10.8 Å². The van der Waals surface area contributed by atoms with Crippen LogP contribution in [-0.4, -0.2) is 21.5 Å². The summed E-state index contributed by atoms with van der Waals surface area (Å²) in [7, 11) is 0. The van der Waals surface area contributed by atoms with E-state index in [2.05, 4.69) is 22.1 Å². The summed E-state index contributed by atoms with van der Waals surface area (Å²) in [4.78, 5) is 16.7. The van der Waals surface area contributed by atoms with E-state index in [-0.39, 0.29) is 23.9 Å². The molecule has 3 aromatic rings. The highest BCUT2D eigenvalue weighted by atomic mass is 32.1. The van der Waals surface area contributed by atoms with Gasteiger partial charge in [0.25, 0.3) is 0 Å². The number of fused-ring (bicyclic) bond motifs is 5. The van der Waals surface area contributed by atoms with Gasteiger partial charge < -0.3 is 14.8 Å². The third-order valence-corrected chi connectivity index (χ3v) is 7.35. The summed E-state index contributed by atoms with van der Waals surface area (Å²) in [6.07, 6.45) is 6.69. The lowest BCUT2D eigenvalue weighted by Crippen LogP contribution is -2.44. The molecule has 4 nitrogen and oxygen atoms in total. The Hall–Kier alpha value is -2.60. The van der Waals surface area contributed by atoms with Gasteiger partial charge in [-0.3, -0.25) is 0 Å². The number of amides is 2. The van der Waals surface area contributed by atoms with E-state index >= 15 is 0 Å². The molecule has 1 unspecified atom stereocenters. The predicted octanol–water partition coefficient (Wildman–Crippen LogP) is 5.58. The number of carbonyl (C=O) groups is 1. The van der Waals surface area contributed by atoms with Crippen LogP contribution in [0.2, 0.25) is 0 Å². The zero-order chi connectivity index (χ0) is 20.8. The van der Waals surface area contributed by atoms with Gasteiger partial charge in [-0.25, -0.2) is 9.18 Å². The minimum absolute atomic E-state index is 0.0246. The van der Waals surface area contributed by atoms with Crippen LogP contribution in [0.15, 0.2) is 42.6 Å². The minimum atomic E-state index is -0.353. The Kier molecular flexibility index (Phi) is 4.89. The van der Waals surface area contributed by atoms with Gasteiger partial charge in [0, 0.05) is 22.7 Å². The summed E-state index contributed by atoms with van der Waals surface area (Å²) in [5.74, 6) is -0.286. The smallest absolute Gasteiger partial charge is 0.318 e. The number of thiophene rings is 1. The average Bonchev–Trinajstić information content (AvgIpc) is 3.29. The lowest BCUT2D eigenvalue weighted by Gasteiger charge is -2.32. The van der Waals surface area contributed by atoms with Crippen LogP contribution in [0, 0.1) is 5.82 Å². The Labute approximate surface area is 180 Å². The number of hydrogen-bond donors (Lipinski definition) is 1. The SMILES string of the molecule is CC(C)NC(=O)N1Cc2c(sc3c2CCCC3)-n2cccc2C1c1cccc(F)c1. The molecule has 0 radical (unpaired) electrons. The molecule has 1 atom stereocenters. The van der Waals surface area contributed by atoms with Crippen LogP contribution in [-0.2, 0) is 19.4 Å². The van der Waals surface area contributed by atoms with Gasteiger partial charge >= 0.3 is 6.03 Å². The molecular formula is C24H26FN3OS. The van der Waals surface area contributed by atoms with E-state index in [4.69, 9.17) is 0 Å². The highest BCUT2D eigenvalue weighted by molar-refractivity contribution is 7.15. The zero-order valence-corrected chi connectivity index (χ0v) is 18.1. The van der Waals surface area contributed by atoms with Gasteiger partial charge in [-0.05, 0) is 74.9 Å². The largest absolute Gasteiger partial charge is 0.336 e. The van der Waals surface area contributed by atoms with Gasteiger partial charge in [0.05, 0.1) is 18.3 Å². The first kappa shape index (κ1) is 19.4. The molecule has 2 aromatic heterocycles. The van der Waals surface area contributed by atoms with Crippen LogP contribution in [0.3, 0.4) is 0 Å². The third kappa shape index (κ3) is 3.23. The fourth-order valence-corrected chi connectivity index (χ4v) is 6.15. The van der Waals surface area contributed by atoms with E-state index in [0.717, 1.165) is 24.1 Å². The van der Waals surface area contributed by atoms with E-state index in [0.29, 0.717) is 6.54 Å². The second kappa shape index (κ2) is 7.58. The number of hydrogen-bond acceptors (Lipinski definition) is 2. The van der Waals surface area contributed by atoms with Crippen molar-refractivity contribution >= 4 is 17.4 Å². The molecule has 0 fully saturated rings. The van der Waals surface area contributed by atoms with Crippen molar-refractivity contribution < 1.29 is 9.18 Å². The molecule has 30 heavy (non-hydrogen) atoms. The van der Waals surface area contributed by atoms with Crippen molar-refractivity contribution in [2.75, 3.05) is 0 Å². The first-order valence-electron chi connectivity index (χ1n) is 10.7. The molecule has 0 bridgehead atoms. The summed E-state index contributed by atoms with van der Waals surface area (Å²) in [6, 6.07) is 10.3. The van der Waals surface area contributed by atoms with Crippen molar-refractivity contribution in [2.45, 2.75) is 58.2 Å². The molecule has 2 amide bonds. The lowest BCUT2D eigenvalue weighted by atomic mass is 9.95. The Morgan fingerprint density at radius 1 is 1.17 bits per heavy atom. The fraction of sp³-hybridized carbons (Fsp3) is 0.375. The quantitative estimate of drug-likeness (QED) is 0.574. The number of aromatic nitrogens is 1. The molecule has 6 heteroatoms. The van der Waals surface area contributed by atoms with E-state index < -0.39 is 0 Å². The van der Waals surface area contributed by atoms with Crippen molar-refractivity contribution in [3.8, 4) is 5.00 Å². The second-order valence-electron chi connectivity index (χ2n) is 8.49. The first-order valence-corrected chi connectivity index (χ1v) is 11.5. The Morgan fingerprint density at radius 2 is 2.00 bits per heavy atom. The van der Waals surface area contributed by atoms with Crippen molar-refractivity contribution in [1.82, 2.24) is 14.8 Å². The molecule has 0 saturated heterocycles. The zero-order valence-electron chi connectivity index (χ0n) is 17.3. The molecule has 0 saturated carbocycles. The maximum atomic E-state index is 14.2. The van der Waals surface area contributed by atoms with Gasteiger partial charge in [0.15, 0.2) is 0 Å². The van der Waals surface area contributed by atoms with E-state index in [1.807, 2.05) is 42.2 Å². The molecule has 1 aliphatic heterocycles. The standard InChI is InChI=1S/C24H26FN3OS/c1-15(2)26-24(29)28-14-19-18-9-3-4-11-21(18)30-23(19)27-12-6-10-20(27)22(28)16-7-5-8-17(25)13-16/h5-8,10,12-13,15,22H,3-4,9,11,14H2,1-2H3,(H,26,29). The van der Waals surface area contributed by atoms with Crippen molar-refractivity contribution in [1.29, 1.82) is 0 Å². The second-order valence-corrected chi connectivity index (χ2v) is 9.57. The van der Waals surface area contributed by atoms with Crippen LogP contribution in [0.1, 0.15) is 60.0 Å². The van der Waals surface area contributed by atoms with E-state index in [1.165, 1.54) is 39.9 Å².